The molecular weight excluding hydrogens is 472 g/mol. The molecule has 2 aromatic rings. The molecule has 38 heavy (non-hydrogen) atoms. The molecule has 0 aromatic heterocycles. The van der Waals surface area contributed by atoms with E-state index >= 15 is 0 Å². The molecule has 1 aliphatic heterocycles. The van der Waals surface area contributed by atoms with Crippen LogP contribution in [-0.4, -0.2) is 48.6 Å². The van der Waals surface area contributed by atoms with Crippen LogP contribution in [0.4, 0.5) is 0 Å². The van der Waals surface area contributed by atoms with E-state index in [0.29, 0.717) is 24.9 Å². The summed E-state index contributed by atoms with van der Waals surface area (Å²) in [6.07, 6.45) is 10.1. The first-order chi connectivity index (χ1) is 18.5. The molecule has 0 radical (unpaired) electrons. The summed E-state index contributed by atoms with van der Waals surface area (Å²) in [4.78, 5) is 28.7. The molecule has 5 nitrogen and oxygen atoms in total. The molecule has 2 unspecified atom stereocenters. The van der Waals surface area contributed by atoms with Crippen molar-refractivity contribution in [2.24, 2.45) is 11.8 Å². The first kappa shape index (κ1) is 26.9. The molecule has 204 valence electrons. The Labute approximate surface area is 228 Å². The maximum atomic E-state index is 13.9. The van der Waals surface area contributed by atoms with E-state index < -0.39 is 5.41 Å². The van der Waals surface area contributed by atoms with Crippen LogP contribution >= 0.6 is 0 Å². The molecule has 5 rings (SSSR count). The highest BCUT2D eigenvalue weighted by molar-refractivity contribution is 5.84. The van der Waals surface area contributed by atoms with Gasteiger partial charge >= 0.3 is 5.97 Å². The van der Waals surface area contributed by atoms with Gasteiger partial charge < -0.3 is 10.1 Å². The first-order valence-corrected chi connectivity index (χ1v) is 14.8. The maximum Gasteiger partial charge on any atom is 0.317 e. The summed E-state index contributed by atoms with van der Waals surface area (Å²) in [5.41, 5.74) is 1.54. The third kappa shape index (κ3) is 5.98. The zero-order valence-corrected chi connectivity index (χ0v) is 23.0. The normalized spacial score (nSPS) is 26.9. The Morgan fingerprint density at radius 1 is 0.974 bits per heavy atom. The SMILES string of the molecule is C[C@]1(OC(=O)C2(c3ccccc3)CCCCCC2)CC2CN(CC(=O)NCCCc3ccccc3)CCC21. The van der Waals surface area contributed by atoms with Gasteiger partial charge in [-0.1, -0.05) is 86.3 Å². The molecule has 2 aliphatic carbocycles. The third-order valence-electron chi connectivity index (χ3n) is 9.44. The van der Waals surface area contributed by atoms with E-state index in [4.69, 9.17) is 4.74 Å². The zero-order valence-electron chi connectivity index (χ0n) is 23.0. The minimum atomic E-state index is -0.509. The van der Waals surface area contributed by atoms with Crippen LogP contribution in [0, 0.1) is 11.8 Å². The molecule has 0 bridgehead atoms. The molecule has 2 aromatic carbocycles. The second kappa shape index (κ2) is 12.0. The van der Waals surface area contributed by atoms with Crippen LogP contribution in [0.3, 0.4) is 0 Å². The smallest absolute Gasteiger partial charge is 0.317 e. The number of piperidine rings is 1. The van der Waals surface area contributed by atoms with Gasteiger partial charge in [0.25, 0.3) is 0 Å². The van der Waals surface area contributed by atoms with Gasteiger partial charge in [0.05, 0.1) is 12.0 Å². The lowest BCUT2D eigenvalue weighted by Gasteiger charge is -2.57. The van der Waals surface area contributed by atoms with Crippen LogP contribution in [0.15, 0.2) is 60.7 Å². The number of nitrogens with one attached hydrogen (secondary N) is 1. The molecule has 5 heteroatoms. The highest BCUT2D eigenvalue weighted by Gasteiger charge is 2.57. The van der Waals surface area contributed by atoms with Crippen molar-refractivity contribution in [1.82, 2.24) is 10.2 Å². The van der Waals surface area contributed by atoms with Crippen molar-refractivity contribution in [3.63, 3.8) is 0 Å². The fourth-order valence-corrected chi connectivity index (χ4v) is 7.32. The molecule has 0 spiro atoms. The van der Waals surface area contributed by atoms with Crippen LogP contribution in [0.1, 0.15) is 75.8 Å². The van der Waals surface area contributed by atoms with E-state index in [9.17, 15) is 9.59 Å². The third-order valence-corrected chi connectivity index (χ3v) is 9.44. The quantitative estimate of drug-likeness (QED) is 0.265. The van der Waals surface area contributed by atoms with E-state index in [1.807, 2.05) is 24.3 Å². The number of hydrogen-bond acceptors (Lipinski definition) is 4. The minimum Gasteiger partial charge on any atom is -0.458 e. The van der Waals surface area contributed by atoms with E-state index in [-0.39, 0.29) is 17.5 Å². The van der Waals surface area contributed by atoms with E-state index in [1.54, 1.807) is 0 Å². The number of ether oxygens (including phenoxy) is 1. The fraction of sp³-hybridized carbons (Fsp3) is 0.576. The summed E-state index contributed by atoms with van der Waals surface area (Å²) in [7, 11) is 0. The number of benzene rings is 2. The molecule has 1 N–H and O–H groups in total. The number of hydrogen-bond donors (Lipinski definition) is 1. The molecular formula is C33H44N2O3. The Bertz CT molecular complexity index is 1060. The van der Waals surface area contributed by atoms with Crippen LogP contribution in [0.25, 0.3) is 0 Å². The highest BCUT2D eigenvalue weighted by Crippen LogP contribution is 2.52. The summed E-state index contributed by atoms with van der Waals surface area (Å²) < 4.78 is 6.48. The van der Waals surface area contributed by atoms with Crippen molar-refractivity contribution in [1.29, 1.82) is 0 Å². The van der Waals surface area contributed by atoms with Gasteiger partial charge in [0.15, 0.2) is 0 Å². The van der Waals surface area contributed by atoms with Crippen molar-refractivity contribution in [3.8, 4) is 0 Å². The van der Waals surface area contributed by atoms with Gasteiger partial charge in [-0.05, 0) is 69.0 Å². The average Bonchev–Trinajstić information content (AvgIpc) is 3.19. The Morgan fingerprint density at radius 2 is 1.66 bits per heavy atom. The Kier molecular flexibility index (Phi) is 8.52. The number of nitrogens with zero attached hydrogens (tertiary/aromatic N) is 1. The van der Waals surface area contributed by atoms with Gasteiger partial charge in [0.1, 0.15) is 5.60 Å². The van der Waals surface area contributed by atoms with Gasteiger partial charge in [-0.2, -0.15) is 0 Å². The minimum absolute atomic E-state index is 0.0103. The Balaban J connectivity index is 1.10. The van der Waals surface area contributed by atoms with Gasteiger partial charge in [0.2, 0.25) is 5.91 Å². The summed E-state index contributed by atoms with van der Waals surface area (Å²) in [6.45, 7) is 5.12. The van der Waals surface area contributed by atoms with Crippen molar-refractivity contribution in [3.05, 3.63) is 71.8 Å². The molecule has 3 atom stereocenters. The summed E-state index contributed by atoms with van der Waals surface area (Å²) in [6, 6.07) is 20.8. The standard InChI is InChI=1S/C33H44N2O3/c1-32(38-31(37)33(19-10-2-3-11-20-33)28-16-8-5-9-17-28)23-27-24-35(22-18-29(27)32)25-30(36)34-21-12-15-26-13-6-4-7-14-26/h4-9,13-14,16-17,27,29H,2-3,10-12,15,18-25H2,1H3,(H,34,36)/t27?,29?,32-/m0/s1. The summed E-state index contributed by atoms with van der Waals surface area (Å²) >= 11 is 0. The zero-order chi connectivity index (χ0) is 26.4. The number of amides is 1. The van der Waals surface area contributed by atoms with Gasteiger partial charge in [-0.25, -0.2) is 0 Å². The predicted molar refractivity (Wildman–Crippen MR) is 151 cm³/mol. The topological polar surface area (TPSA) is 58.6 Å². The van der Waals surface area contributed by atoms with Crippen LogP contribution in [0.2, 0.25) is 0 Å². The number of carbonyl (C=O) groups is 2. The number of carbonyl (C=O) groups excluding carboxylic acids is 2. The van der Waals surface area contributed by atoms with Crippen molar-refractivity contribution in [2.45, 2.75) is 82.1 Å². The molecule has 1 amide bonds. The Hall–Kier alpha value is -2.66. The number of fused-ring (bicyclic) bond motifs is 1. The van der Waals surface area contributed by atoms with Crippen LogP contribution in [0.5, 0.6) is 0 Å². The van der Waals surface area contributed by atoms with E-state index in [2.05, 4.69) is 53.5 Å². The molecule has 3 aliphatic rings. The van der Waals surface area contributed by atoms with Crippen LogP contribution < -0.4 is 5.32 Å². The second-order valence-electron chi connectivity index (χ2n) is 12.1. The number of aryl methyl sites for hydroxylation is 1. The summed E-state index contributed by atoms with van der Waals surface area (Å²) in [5, 5.41) is 3.10. The van der Waals surface area contributed by atoms with E-state index in [1.165, 1.54) is 18.4 Å². The lowest BCUT2D eigenvalue weighted by Crippen LogP contribution is -2.62. The maximum absolute atomic E-state index is 13.9. The van der Waals surface area contributed by atoms with Gasteiger partial charge in [-0.15, -0.1) is 0 Å². The molecule has 2 saturated carbocycles. The fourth-order valence-electron chi connectivity index (χ4n) is 7.32. The Morgan fingerprint density at radius 3 is 2.34 bits per heavy atom. The average molecular weight is 517 g/mol. The van der Waals surface area contributed by atoms with E-state index in [0.717, 1.165) is 70.0 Å². The number of likely N-dealkylation sites (tertiary alicyclic amines) is 1. The monoisotopic (exact) mass is 516 g/mol. The van der Waals surface area contributed by atoms with Crippen molar-refractivity contribution >= 4 is 11.9 Å². The van der Waals surface area contributed by atoms with Crippen molar-refractivity contribution in [2.75, 3.05) is 26.2 Å². The summed E-state index contributed by atoms with van der Waals surface area (Å²) in [5.74, 6) is 0.983. The first-order valence-electron chi connectivity index (χ1n) is 14.8. The largest absolute Gasteiger partial charge is 0.458 e. The van der Waals surface area contributed by atoms with Gasteiger partial charge in [0, 0.05) is 19.0 Å². The number of rotatable bonds is 9. The second-order valence-corrected chi connectivity index (χ2v) is 12.1. The van der Waals surface area contributed by atoms with Crippen LogP contribution in [-0.2, 0) is 26.2 Å². The van der Waals surface area contributed by atoms with Crippen molar-refractivity contribution < 1.29 is 14.3 Å². The molecule has 3 fully saturated rings. The lowest BCUT2D eigenvalue weighted by atomic mass is 9.58. The molecule has 1 heterocycles. The predicted octanol–water partition coefficient (Wildman–Crippen LogP) is 5.67. The molecule has 1 saturated heterocycles. The van der Waals surface area contributed by atoms with Gasteiger partial charge in [-0.3, -0.25) is 14.5 Å². The number of esters is 1. The highest BCUT2D eigenvalue weighted by atomic mass is 16.6. The lowest BCUT2D eigenvalue weighted by molar-refractivity contribution is -0.206.